The van der Waals surface area contributed by atoms with Gasteiger partial charge in [0.15, 0.2) is 0 Å². The zero-order valence-corrected chi connectivity index (χ0v) is 10.3. The highest BCUT2D eigenvalue weighted by Gasteiger charge is 1.99. The van der Waals surface area contributed by atoms with Crippen molar-refractivity contribution in [3.63, 3.8) is 0 Å². The highest BCUT2D eigenvalue weighted by molar-refractivity contribution is 5.33. The van der Waals surface area contributed by atoms with Crippen molar-refractivity contribution in [1.82, 2.24) is 15.0 Å². The molecule has 0 atom stereocenters. The van der Waals surface area contributed by atoms with E-state index in [2.05, 4.69) is 20.3 Å². The highest BCUT2D eigenvalue weighted by Crippen LogP contribution is 2.00. The molecule has 0 aliphatic carbocycles. The van der Waals surface area contributed by atoms with Crippen molar-refractivity contribution in [2.24, 2.45) is 0 Å². The molecule has 0 saturated heterocycles. The van der Waals surface area contributed by atoms with Crippen LogP contribution in [0.4, 0.5) is 5.82 Å². The van der Waals surface area contributed by atoms with Gasteiger partial charge in [0.05, 0.1) is 0 Å². The average molecular weight is 244 g/mol. The number of rotatable bonds is 5. The first kappa shape index (κ1) is 12.3. The smallest absolute Gasteiger partial charge is 0.252 e. The molecule has 2 N–H and O–H groups in total. The number of aromatic amines is 1. The standard InChI is InChI=1S/C13H16N4O/c1-2-11-16-12(9-13(18)17-11)15-8-6-10-5-3-4-7-14-10/h3-5,7,9H,2,6,8H2,1H3,(H2,15,16,17,18). The number of aryl methyl sites for hydroxylation is 1. The van der Waals surface area contributed by atoms with Gasteiger partial charge in [0, 0.05) is 37.3 Å². The van der Waals surface area contributed by atoms with Gasteiger partial charge in [-0.2, -0.15) is 0 Å². The zero-order valence-electron chi connectivity index (χ0n) is 10.3. The van der Waals surface area contributed by atoms with E-state index < -0.39 is 0 Å². The number of hydrogen-bond donors (Lipinski definition) is 2. The zero-order chi connectivity index (χ0) is 12.8. The van der Waals surface area contributed by atoms with Crippen molar-refractivity contribution >= 4 is 5.82 Å². The van der Waals surface area contributed by atoms with Crippen LogP contribution in [0.25, 0.3) is 0 Å². The van der Waals surface area contributed by atoms with Gasteiger partial charge in [0.2, 0.25) is 0 Å². The van der Waals surface area contributed by atoms with E-state index in [0.717, 1.165) is 12.1 Å². The monoisotopic (exact) mass is 244 g/mol. The summed E-state index contributed by atoms with van der Waals surface area (Å²) in [7, 11) is 0. The summed E-state index contributed by atoms with van der Waals surface area (Å²) in [4.78, 5) is 22.6. The maximum absolute atomic E-state index is 11.4. The molecule has 5 nitrogen and oxygen atoms in total. The van der Waals surface area contributed by atoms with Crippen LogP contribution in [0, 0.1) is 0 Å². The van der Waals surface area contributed by atoms with Gasteiger partial charge in [0.25, 0.3) is 5.56 Å². The van der Waals surface area contributed by atoms with Crippen LogP contribution >= 0.6 is 0 Å². The second-order valence-electron chi connectivity index (χ2n) is 3.93. The van der Waals surface area contributed by atoms with E-state index in [9.17, 15) is 4.79 Å². The molecule has 0 unspecified atom stereocenters. The Balaban J connectivity index is 1.94. The molecule has 0 aliphatic rings. The van der Waals surface area contributed by atoms with E-state index >= 15 is 0 Å². The van der Waals surface area contributed by atoms with Crippen LogP contribution in [-0.2, 0) is 12.8 Å². The Labute approximate surface area is 105 Å². The van der Waals surface area contributed by atoms with Crippen molar-refractivity contribution < 1.29 is 0 Å². The van der Waals surface area contributed by atoms with Gasteiger partial charge < -0.3 is 10.3 Å². The lowest BCUT2D eigenvalue weighted by molar-refractivity contribution is 0.901. The van der Waals surface area contributed by atoms with Crippen molar-refractivity contribution in [2.75, 3.05) is 11.9 Å². The molecule has 94 valence electrons. The van der Waals surface area contributed by atoms with Crippen molar-refractivity contribution in [2.45, 2.75) is 19.8 Å². The van der Waals surface area contributed by atoms with E-state index in [4.69, 9.17) is 0 Å². The molecule has 18 heavy (non-hydrogen) atoms. The summed E-state index contributed by atoms with van der Waals surface area (Å²) < 4.78 is 0. The molecule has 0 radical (unpaired) electrons. The Morgan fingerprint density at radius 2 is 2.28 bits per heavy atom. The molecule has 0 aliphatic heterocycles. The fourth-order valence-electron chi connectivity index (χ4n) is 1.63. The summed E-state index contributed by atoms with van der Waals surface area (Å²) in [5, 5.41) is 3.14. The van der Waals surface area contributed by atoms with Crippen LogP contribution in [-0.4, -0.2) is 21.5 Å². The Bertz CT molecular complexity index is 550. The molecule has 0 fully saturated rings. The van der Waals surface area contributed by atoms with Gasteiger partial charge in [-0.3, -0.25) is 9.78 Å². The van der Waals surface area contributed by atoms with Crippen LogP contribution in [0.3, 0.4) is 0 Å². The second-order valence-corrected chi connectivity index (χ2v) is 3.93. The maximum atomic E-state index is 11.4. The van der Waals surface area contributed by atoms with Crippen LogP contribution < -0.4 is 10.9 Å². The Hall–Kier alpha value is -2.17. The third-order valence-corrected chi connectivity index (χ3v) is 2.54. The first-order chi connectivity index (χ1) is 8.78. The first-order valence-electron chi connectivity index (χ1n) is 6.02. The molecule has 0 amide bonds. The summed E-state index contributed by atoms with van der Waals surface area (Å²) in [6.07, 6.45) is 3.29. The number of nitrogens with zero attached hydrogens (tertiary/aromatic N) is 2. The van der Waals surface area contributed by atoms with Gasteiger partial charge in [-0.25, -0.2) is 4.98 Å². The van der Waals surface area contributed by atoms with E-state index in [1.54, 1.807) is 6.20 Å². The minimum atomic E-state index is -0.123. The SMILES string of the molecule is CCc1nc(NCCc2ccccn2)cc(=O)[nH]1. The lowest BCUT2D eigenvalue weighted by Crippen LogP contribution is -2.14. The fraction of sp³-hybridized carbons (Fsp3) is 0.308. The predicted octanol–water partition coefficient (Wildman–Crippen LogP) is 1.38. The van der Waals surface area contributed by atoms with Gasteiger partial charge in [0.1, 0.15) is 11.6 Å². The Morgan fingerprint density at radius 3 is 3.00 bits per heavy atom. The quantitative estimate of drug-likeness (QED) is 0.833. The number of anilines is 1. The first-order valence-corrected chi connectivity index (χ1v) is 6.02. The molecule has 0 spiro atoms. The van der Waals surface area contributed by atoms with E-state index in [-0.39, 0.29) is 5.56 Å². The minimum absolute atomic E-state index is 0.123. The summed E-state index contributed by atoms with van der Waals surface area (Å²) in [6.45, 7) is 2.66. The topological polar surface area (TPSA) is 70.7 Å². The molecule has 0 saturated carbocycles. The van der Waals surface area contributed by atoms with Gasteiger partial charge in [-0.1, -0.05) is 13.0 Å². The van der Waals surface area contributed by atoms with Gasteiger partial charge >= 0.3 is 0 Å². The molecule has 2 aromatic heterocycles. The summed E-state index contributed by atoms with van der Waals surface area (Å²) in [5.41, 5.74) is 0.896. The third kappa shape index (κ3) is 3.41. The van der Waals surface area contributed by atoms with Crippen molar-refractivity contribution in [3.05, 3.63) is 52.3 Å². The summed E-state index contributed by atoms with van der Waals surface area (Å²) in [6, 6.07) is 7.30. The van der Waals surface area contributed by atoms with Crippen molar-refractivity contribution in [1.29, 1.82) is 0 Å². The highest BCUT2D eigenvalue weighted by atomic mass is 16.1. The number of pyridine rings is 1. The number of hydrogen-bond acceptors (Lipinski definition) is 4. The molecular weight excluding hydrogens is 228 g/mol. The number of H-pyrrole nitrogens is 1. The van der Waals surface area contributed by atoms with Crippen LogP contribution in [0.2, 0.25) is 0 Å². The molecule has 0 aromatic carbocycles. The molecule has 2 heterocycles. The van der Waals surface area contributed by atoms with Gasteiger partial charge in [-0.05, 0) is 12.1 Å². The van der Waals surface area contributed by atoms with Crippen LogP contribution in [0.15, 0.2) is 35.3 Å². The second kappa shape index (κ2) is 5.95. The number of aromatic nitrogens is 3. The lowest BCUT2D eigenvalue weighted by atomic mass is 10.3. The largest absolute Gasteiger partial charge is 0.369 e. The van der Waals surface area contributed by atoms with E-state index in [1.807, 2.05) is 25.1 Å². The Morgan fingerprint density at radius 1 is 1.39 bits per heavy atom. The average Bonchev–Trinajstić information content (AvgIpc) is 2.39. The normalized spacial score (nSPS) is 10.3. The maximum Gasteiger partial charge on any atom is 0.252 e. The van der Waals surface area contributed by atoms with Gasteiger partial charge in [-0.15, -0.1) is 0 Å². The third-order valence-electron chi connectivity index (χ3n) is 2.54. The number of nitrogens with one attached hydrogen (secondary N) is 2. The predicted molar refractivity (Wildman–Crippen MR) is 70.7 cm³/mol. The summed E-state index contributed by atoms with van der Waals surface area (Å²) in [5.74, 6) is 1.31. The molecule has 2 aromatic rings. The molecule has 0 bridgehead atoms. The van der Waals surface area contributed by atoms with E-state index in [0.29, 0.717) is 24.6 Å². The van der Waals surface area contributed by atoms with Crippen LogP contribution in [0.1, 0.15) is 18.4 Å². The lowest BCUT2D eigenvalue weighted by Gasteiger charge is -2.06. The van der Waals surface area contributed by atoms with E-state index in [1.165, 1.54) is 6.07 Å². The van der Waals surface area contributed by atoms with Crippen molar-refractivity contribution in [3.8, 4) is 0 Å². The fourth-order valence-corrected chi connectivity index (χ4v) is 1.63. The Kier molecular flexibility index (Phi) is 4.06. The molecule has 5 heteroatoms. The molecular formula is C13H16N4O. The summed E-state index contributed by atoms with van der Waals surface area (Å²) >= 11 is 0. The van der Waals surface area contributed by atoms with Crippen LogP contribution in [0.5, 0.6) is 0 Å². The molecule has 2 rings (SSSR count). The minimum Gasteiger partial charge on any atom is -0.369 e.